The molecule has 1 aromatic rings. The zero-order valence-corrected chi connectivity index (χ0v) is 13.1. The van der Waals surface area contributed by atoms with Crippen LogP contribution in [-0.4, -0.2) is 24.6 Å². The van der Waals surface area contributed by atoms with Gasteiger partial charge in [-0.3, -0.25) is 0 Å². The summed E-state index contributed by atoms with van der Waals surface area (Å²) in [6.07, 6.45) is 7.57. The van der Waals surface area contributed by atoms with Crippen molar-refractivity contribution in [3.8, 4) is 0 Å². The van der Waals surface area contributed by atoms with E-state index in [2.05, 4.69) is 48.8 Å². The molecule has 106 valence electrons. The Labute approximate surface area is 122 Å². The molecule has 1 saturated carbocycles. The molecule has 0 heterocycles. The molecule has 19 heavy (non-hydrogen) atoms. The third-order valence-corrected chi connectivity index (χ3v) is 5.11. The molecule has 1 fully saturated rings. The summed E-state index contributed by atoms with van der Waals surface area (Å²) in [5, 5.41) is 3.76. The maximum absolute atomic E-state index is 3.76. The minimum Gasteiger partial charge on any atom is -0.314 e. The van der Waals surface area contributed by atoms with Gasteiger partial charge in [0.1, 0.15) is 0 Å². The highest BCUT2D eigenvalue weighted by Gasteiger charge is 2.22. The Balaban J connectivity index is 1.71. The molecule has 1 aromatic carbocycles. The average Bonchev–Trinajstić information content (AvgIpc) is 2.47. The van der Waals surface area contributed by atoms with Crippen LogP contribution in [0.2, 0.25) is 0 Å². The molecule has 0 amide bonds. The molecule has 0 aliphatic heterocycles. The summed E-state index contributed by atoms with van der Waals surface area (Å²) in [4.78, 5) is 0. The Morgan fingerprint density at radius 1 is 1.16 bits per heavy atom. The molecule has 1 nitrogen and oxygen atoms in total. The van der Waals surface area contributed by atoms with Gasteiger partial charge in [-0.25, -0.2) is 0 Å². The van der Waals surface area contributed by atoms with E-state index >= 15 is 0 Å². The first-order valence-corrected chi connectivity index (χ1v) is 8.96. The lowest BCUT2D eigenvalue weighted by Gasteiger charge is -2.30. The largest absolute Gasteiger partial charge is 0.314 e. The van der Waals surface area contributed by atoms with Crippen LogP contribution in [0, 0.1) is 5.92 Å². The molecule has 2 rings (SSSR count). The van der Waals surface area contributed by atoms with Gasteiger partial charge in [-0.1, -0.05) is 37.3 Å². The maximum Gasteiger partial charge on any atom is 0.00676 e. The predicted molar refractivity (Wildman–Crippen MR) is 87.0 cm³/mol. The van der Waals surface area contributed by atoms with Crippen molar-refractivity contribution in [2.75, 3.05) is 18.6 Å². The van der Waals surface area contributed by atoms with Crippen LogP contribution in [-0.2, 0) is 0 Å². The van der Waals surface area contributed by atoms with E-state index in [1.54, 1.807) is 0 Å². The Morgan fingerprint density at radius 3 is 2.47 bits per heavy atom. The molecule has 0 saturated heterocycles. The minimum atomic E-state index is 0.754. The summed E-state index contributed by atoms with van der Waals surface area (Å²) in [6, 6.07) is 11.8. The zero-order chi connectivity index (χ0) is 13.5. The molecule has 0 radical (unpaired) electrons. The number of rotatable bonds is 6. The summed E-state index contributed by atoms with van der Waals surface area (Å²) in [5.41, 5.74) is 1.54. The molecular weight excluding hydrogens is 250 g/mol. The quantitative estimate of drug-likeness (QED) is 0.832. The van der Waals surface area contributed by atoms with Crippen LogP contribution < -0.4 is 5.32 Å². The smallest absolute Gasteiger partial charge is 0.00676 e. The standard InChI is InChI=1S/C17H27NS/c1-14(13-19-2)12-18-17-10-8-16(9-11-17)15-6-4-3-5-7-15/h3-7,14,16-18H,8-13H2,1-2H3. The lowest BCUT2D eigenvalue weighted by Crippen LogP contribution is -2.36. The second-order valence-corrected chi connectivity index (χ2v) is 6.84. The SMILES string of the molecule is CSCC(C)CNC1CCC(c2ccccc2)CC1. The lowest BCUT2D eigenvalue weighted by molar-refractivity contribution is 0.332. The monoisotopic (exact) mass is 277 g/mol. The second kappa shape index (κ2) is 7.96. The number of hydrogen-bond donors (Lipinski definition) is 1. The maximum atomic E-state index is 3.76. The van der Waals surface area contributed by atoms with E-state index in [0.717, 1.165) is 17.9 Å². The van der Waals surface area contributed by atoms with E-state index in [1.807, 2.05) is 11.8 Å². The van der Waals surface area contributed by atoms with Crippen molar-refractivity contribution in [3.05, 3.63) is 35.9 Å². The van der Waals surface area contributed by atoms with E-state index in [-0.39, 0.29) is 0 Å². The van der Waals surface area contributed by atoms with Crippen molar-refractivity contribution >= 4 is 11.8 Å². The number of nitrogens with one attached hydrogen (secondary N) is 1. The first-order valence-electron chi connectivity index (χ1n) is 7.57. The molecule has 2 heteroatoms. The van der Waals surface area contributed by atoms with Gasteiger partial charge in [-0.05, 0) is 61.6 Å². The Bertz CT molecular complexity index is 344. The zero-order valence-electron chi connectivity index (χ0n) is 12.3. The fourth-order valence-corrected chi connectivity index (χ4v) is 3.75. The van der Waals surface area contributed by atoms with Gasteiger partial charge in [0.15, 0.2) is 0 Å². The van der Waals surface area contributed by atoms with E-state index in [1.165, 1.54) is 43.5 Å². The third-order valence-electron chi connectivity index (χ3n) is 4.20. The molecule has 1 N–H and O–H groups in total. The number of thioether (sulfide) groups is 1. The highest BCUT2D eigenvalue weighted by molar-refractivity contribution is 7.98. The normalized spacial score (nSPS) is 25.2. The topological polar surface area (TPSA) is 12.0 Å². The van der Waals surface area contributed by atoms with Crippen LogP contribution in [0.25, 0.3) is 0 Å². The van der Waals surface area contributed by atoms with Crippen LogP contribution >= 0.6 is 11.8 Å². The molecule has 1 aliphatic carbocycles. The fourth-order valence-electron chi connectivity index (χ4n) is 3.07. The molecule has 0 spiro atoms. The van der Waals surface area contributed by atoms with Crippen LogP contribution in [0.3, 0.4) is 0 Å². The Kier molecular flexibility index (Phi) is 6.25. The van der Waals surface area contributed by atoms with Crippen molar-refractivity contribution in [3.63, 3.8) is 0 Å². The molecule has 0 bridgehead atoms. The van der Waals surface area contributed by atoms with E-state index in [0.29, 0.717) is 0 Å². The van der Waals surface area contributed by atoms with Gasteiger partial charge >= 0.3 is 0 Å². The predicted octanol–water partition coefficient (Wildman–Crippen LogP) is 4.30. The van der Waals surface area contributed by atoms with Crippen LogP contribution in [0.15, 0.2) is 30.3 Å². The molecule has 0 aromatic heterocycles. The first kappa shape index (κ1) is 14.9. The summed E-state index contributed by atoms with van der Waals surface area (Å²) in [6.45, 7) is 3.53. The highest BCUT2D eigenvalue weighted by Crippen LogP contribution is 2.32. The molecular formula is C17H27NS. The van der Waals surface area contributed by atoms with Gasteiger partial charge in [0, 0.05) is 6.04 Å². The number of hydrogen-bond acceptors (Lipinski definition) is 2. The fraction of sp³-hybridized carbons (Fsp3) is 0.647. The van der Waals surface area contributed by atoms with Crippen molar-refractivity contribution in [2.24, 2.45) is 5.92 Å². The van der Waals surface area contributed by atoms with Gasteiger partial charge in [0.2, 0.25) is 0 Å². The molecule has 1 aliphatic rings. The minimum absolute atomic E-state index is 0.754. The van der Waals surface area contributed by atoms with Gasteiger partial charge in [0.25, 0.3) is 0 Å². The molecule has 1 atom stereocenters. The van der Waals surface area contributed by atoms with Gasteiger partial charge in [-0.2, -0.15) is 11.8 Å². The van der Waals surface area contributed by atoms with Crippen molar-refractivity contribution in [1.82, 2.24) is 5.32 Å². The summed E-state index contributed by atoms with van der Waals surface area (Å²) in [5.74, 6) is 2.86. The highest BCUT2D eigenvalue weighted by atomic mass is 32.2. The van der Waals surface area contributed by atoms with Crippen molar-refractivity contribution in [2.45, 2.75) is 44.6 Å². The third kappa shape index (κ3) is 4.85. The van der Waals surface area contributed by atoms with E-state index in [4.69, 9.17) is 0 Å². The van der Waals surface area contributed by atoms with Crippen LogP contribution in [0.1, 0.15) is 44.1 Å². The van der Waals surface area contributed by atoms with Gasteiger partial charge in [-0.15, -0.1) is 0 Å². The van der Waals surface area contributed by atoms with Gasteiger partial charge < -0.3 is 5.32 Å². The summed E-state index contributed by atoms with van der Waals surface area (Å²) >= 11 is 1.95. The summed E-state index contributed by atoms with van der Waals surface area (Å²) in [7, 11) is 0. The van der Waals surface area contributed by atoms with Crippen molar-refractivity contribution in [1.29, 1.82) is 0 Å². The number of benzene rings is 1. The van der Waals surface area contributed by atoms with Crippen LogP contribution in [0.5, 0.6) is 0 Å². The van der Waals surface area contributed by atoms with Crippen LogP contribution in [0.4, 0.5) is 0 Å². The lowest BCUT2D eigenvalue weighted by atomic mass is 9.82. The Morgan fingerprint density at radius 2 is 1.84 bits per heavy atom. The first-order chi connectivity index (χ1) is 9.29. The Hall–Kier alpha value is -0.470. The molecule has 1 unspecified atom stereocenters. The van der Waals surface area contributed by atoms with Crippen molar-refractivity contribution < 1.29 is 0 Å². The van der Waals surface area contributed by atoms with E-state index in [9.17, 15) is 0 Å². The second-order valence-electron chi connectivity index (χ2n) is 5.93. The van der Waals surface area contributed by atoms with E-state index < -0.39 is 0 Å². The summed E-state index contributed by atoms with van der Waals surface area (Å²) < 4.78 is 0. The average molecular weight is 277 g/mol. The van der Waals surface area contributed by atoms with Gasteiger partial charge in [0.05, 0.1) is 0 Å².